The summed E-state index contributed by atoms with van der Waals surface area (Å²) in [6.45, 7) is 19.2. The lowest BCUT2D eigenvalue weighted by molar-refractivity contribution is 0.00424. The van der Waals surface area contributed by atoms with Crippen molar-refractivity contribution < 1.29 is 4.79 Å². The maximum absolute atomic E-state index is 8.55. The van der Waals surface area contributed by atoms with Crippen LogP contribution in [0.5, 0.6) is 0 Å². The molecule has 42 heavy (non-hydrogen) atoms. The third kappa shape index (κ3) is 25.2. The summed E-state index contributed by atoms with van der Waals surface area (Å²) in [5.74, 6) is 0. The van der Waals surface area contributed by atoms with Crippen LogP contribution < -0.4 is 0 Å². The second-order valence-corrected chi connectivity index (χ2v) is 11.4. The Kier molecular flexibility index (Phi) is 22.8. The summed E-state index contributed by atoms with van der Waals surface area (Å²) in [5.41, 5.74) is 18.8. The Balaban J connectivity index is 4.62. The number of allylic oxidation sites excluding steroid dienone is 24. The molecule has 0 fully saturated rings. The van der Waals surface area contributed by atoms with Gasteiger partial charge in [0.25, 0.3) is 6.21 Å². The topological polar surface area (TPSA) is 36.4 Å². The summed E-state index contributed by atoms with van der Waals surface area (Å²) in [7, 11) is 0. The molecule has 0 aliphatic carbocycles. The molecule has 0 spiro atoms. The molecule has 0 aromatic rings. The summed E-state index contributed by atoms with van der Waals surface area (Å²) >= 11 is 0. The van der Waals surface area contributed by atoms with Crippen LogP contribution in [-0.2, 0) is 0 Å². The van der Waals surface area contributed by atoms with E-state index in [0.29, 0.717) is 0 Å². The van der Waals surface area contributed by atoms with Gasteiger partial charge in [0.15, 0.2) is 0 Å². The van der Waals surface area contributed by atoms with Gasteiger partial charge in [-0.25, -0.2) is 0 Å². The first-order valence-corrected chi connectivity index (χ1v) is 15.2. The van der Waals surface area contributed by atoms with E-state index >= 15 is 0 Å². The molecule has 2 nitrogen and oxygen atoms in total. The molecular formula is C40H56N2. The highest BCUT2D eigenvalue weighted by Crippen LogP contribution is 2.12. The third-order valence-corrected chi connectivity index (χ3v) is 6.42. The van der Waals surface area contributed by atoms with Crippen LogP contribution in [0.1, 0.15) is 101 Å². The Hall–Kier alpha value is -3.74. The Morgan fingerprint density at radius 2 is 0.857 bits per heavy atom. The van der Waals surface area contributed by atoms with Crippen LogP contribution in [0.3, 0.4) is 0 Å². The highest BCUT2D eigenvalue weighted by Gasteiger charge is 1.93. The zero-order valence-corrected chi connectivity index (χ0v) is 28.0. The average Bonchev–Trinajstić information content (AvgIpc) is 2.91. The van der Waals surface area contributed by atoms with Crippen LogP contribution in [-0.4, -0.2) is 11.0 Å². The minimum Gasteiger partial charge on any atom is -0.362 e. The SMILES string of the molecule is CC(C)=CCC/C(C)=C/C=C/C(C)=C/C=C/C(C)=C/C=C/C=C(C)/C=C/C=C(\C)CC/C=C(\C)CC/C=C(\C)C=[N+]=[N-]. The molecule has 0 unspecified atom stereocenters. The van der Waals surface area contributed by atoms with E-state index in [9.17, 15) is 0 Å². The minimum atomic E-state index is 0.967. The van der Waals surface area contributed by atoms with Crippen molar-refractivity contribution >= 4 is 6.21 Å². The van der Waals surface area contributed by atoms with Crippen LogP contribution in [0, 0.1) is 0 Å². The van der Waals surface area contributed by atoms with Gasteiger partial charge in [-0.1, -0.05) is 136 Å². The van der Waals surface area contributed by atoms with E-state index in [0.717, 1.165) is 44.1 Å². The van der Waals surface area contributed by atoms with Gasteiger partial charge in [0.1, 0.15) is 0 Å². The average molecular weight is 565 g/mol. The molecule has 0 aliphatic rings. The van der Waals surface area contributed by atoms with Crippen LogP contribution in [0.25, 0.3) is 5.53 Å². The highest BCUT2D eigenvalue weighted by atomic mass is 14.8. The Bertz CT molecular complexity index is 1230. The van der Waals surface area contributed by atoms with Crippen LogP contribution in [0.2, 0.25) is 0 Å². The normalized spacial score (nSPS) is 15.0. The summed E-state index contributed by atoms with van der Waals surface area (Å²) in [5, 5.41) is 0. The number of hydrogen-bond donors (Lipinski definition) is 0. The predicted octanol–water partition coefficient (Wildman–Crippen LogP) is 12.4. The molecule has 2 heteroatoms. The van der Waals surface area contributed by atoms with Gasteiger partial charge in [0.05, 0.1) is 0 Å². The molecule has 0 aromatic heterocycles. The number of nitrogens with zero attached hydrogens (tertiary/aromatic N) is 2. The first-order chi connectivity index (χ1) is 20.0. The van der Waals surface area contributed by atoms with E-state index in [1.165, 1.54) is 45.2 Å². The van der Waals surface area contributed by atoms with Crippen LogP contribution in [0.15, 0.2) is 142 Å². The lowest BCUT2D eigenvalue weighted by atomic mass is 10.1. The second-order valence-electron chi connectivity index (χ2n) is 11.4. The van der Waals surface area contributed by atoms with Crippen molar-refractivity contribution in [1.29, 1.82) is 0 Å². The van der Waals surface area contributed by atoms with Crippen molar-refractivity contribution in [3.8, 4) is 0 Å². The van der Waals surface area contributed by atoms with Crippen LogP contribution >= 0.6 is 0 Å². The van der Waals surface area contributed by atoms with Gasteiger partial charge >= 0.3 is 0 Å². The molecule has 0 radical (unpaired) electrons. The molecule has 0 aliphatic heterocycles. The van der Waals surface area contributed by atoms with Crippen molar-refractivity contribution in [1.82, 2.24) is 0 Å². The van der Waals surface area contributed by atoms with E-state index < -0.39 is 0 Å². The maximum atomic E-state index is 8.55. The van der Waals surface area contributed by atoms with E-state index in [1.54, 1.807) is 0 Å². The van der Waals surface area contributed by atoms with Gasteiger partial charge in [-0.3, -0.25) is 0 Å². The molecule has 0 N–H and O–H groups in total. The molecule has 0 saturated heterocycles. The van der Waals surface area contributed by atoms with E-state index in [2.05, 4.69) is 157 Å². The number of rotatable bonds is 18. The molecule has 0 heterocycles. The summed E-state index contributed by atoms with van der Waals surface area (Å²) < 4.78 is 0. The molecule has 0 bridgehead atoms. The third-order valence-electron chi connectivity index (χ3n) is 6.42. The minimum absolute atomic E-state index is 0.967. The first-order valence-electron chi connectivity index (χ1n) is 15.2. The maximum Gasteiger partial charge on any atom is 0.283 e. The second kappa shape index (κ2) is 25.0. The molecule has 0 atom stereocenters. The van der Waals surface area contributed by atoms with Crippen molar-refractivity contribution in [2.75, 3.05) is 0 Å². The summed E-state index contributed by atoms with van der Waals surface area (Å²) in [4.78, 5) is 3.06. The molecule has 0 rings (SSSR count). The molecule has 0 aromatic carbocycles. The molecule has 0 amide bonds. The van der Waals surface area contributed by atoms with Crippen molar-refractivity contribution in [3.05, 3.63) is 147 Å². The fraction of sp³-hybridized carbons (Fsp3) is 0.375. The zero-order valence-electron chi connectivity index (χ0n) is 28.0. The quantitative estimate of drug-likeness (QED) is 0.0522. The standard InChI is InChI=1S/C40H56N2/c1-33(2)18-12-21-36(5)24-15-27-37(6)25-13-22-34(3)19-10-11-20-35(4)23-14-26-38(7)28-16-29-39(8)30-17-31-40(9)32-42-41/h10-11,13-15,18-20,22-27,29,31-32H,12,16-17,21,28,30H2,1-9H3/b11-10+,22-13+,23-14+,27-15+,34-19+,35-20+,36-24+,37-25+,38-26+,39-29+,40-31+. The van der Waals surface area contributed by atoms with Crippen molar-refractivity contribution in [2.45, 2.75) is 101 Å². The Morgan fingerprint density at radius 3 is 1.33 bits per heavy atom. The van der Waals surface area contributed by atoms with Crippen molar-refractivity contribution in [2.24, 2.45) is 0 Å². The van der Waals surface area contributed by atoms with E-state index in [4.69, 9.17) is 5.53 Å². The van der Waals surface area contributed by atoms with Crippen molar-refractivity contribution in [3.63, 3.8) is 0 Å². The molecule has 0 saturated carbocycles. The Labute approximate surface area is 258 Å². The first kappa shape index (κ1) is 38.3. The largest absolute Gasteiger partial charge is 0.362 e. The number of hydrogen-bond acceptors (Lipinski definition) is 0. The summed E-state index contributed by atoms with van der Waals surface area (Å²) in [6, 6.07) is 0. The van der Waals surface area contributed by atoms with E-state index in [-0.39, 0.29) is 0 Å². The molecular weight excluding hydrogens is 508 g/mol. The molecule has 226 valence electrons. The lowest BCUT2D eigenvalue weighted by Crippen LogP contribution is -1.82. The van der Waals surface area contributed by atoms with Gasteiger partial charge < -0.3 is 5.53 Å². The van der Waals surface area contributed by atoms with Crippen LogP contribution in [0.4, 0.5) is 0 Å². The fourth-order valence-corrected chi connectivity index (χ4v) is 3.74. The van der Waals surface area contributed by atoms with Gasteiger partial charge in [-0.05, 0) is 101 Å². The smallest absolute Gasteiger partial charge is 0.283 e. The van der Waals surface area contributed by atoms with Gasteiger partial charge in [-0.15, -0.1) is 0 Å². The predicted molar refractivity (Wildman–Crippen MR) is 190 cm³/mol. The van der Waals surface area contributed by atoms with E-state index in [1.807, 2.05) is 6.92 Å². The fourth-order valence-electron chi connectivity index (χ4n) is 3.74. The lowest BCUT2D eigenvalue weighted by Gasteiger charge is -2.00. The Morgan fingerprint density at radius 1 is 0.452 bits per heavy atom. The van der Waals surface area contributed by atoms with Gasteiger partial charge in [0.2, 0.25) is 0 Å². The van der Waals surface area contributed by atoms with Gasteiger partial charge in [-0.2, -0.15) is 4.79 Å². The monoisotopic (exact) mass is 564 g/mol. The summed E-state index contributed by atoms with van der Waals surface area (Å²) in [6.07, 6.45) is 42.3. The van der Waals surface area contributed by atoms with Gasteiger partial charge in [0, 0.05) is 5.57 Å². The highest BCUT2D eigenvalue weighted by molar-refractivity contribution is 5.72. The zero-order chi connectivity index (χ0) is 31.6.